The molecule has 0 bridgehead atoms. The van der Waals surface area contributed by atoms with E-state index in [-0.39, 0.29) is 0 Å². The van der Waals surface area contributed by atoms with E-state index in [1.165, 1.54) is 65.5 Å². The molecule has 0 spiro atoms. The summed E-state index contributed by atoms with van der Waals surface area (Å²) in [5.41, 5.74) is 7.95. The van der Waals surface area contributed by atoms with Crippen LogP contribution in [0.2, 0.25) is 0 Å². The van der Waals surface area contributed by atoms with Crippen LogP contribution in [-0.4, -0.2) is 4.40 Å². The van der Waals surface area contributed by atoms with E-state index in [1.54, 1.807) is 0 Å². The lowest BCUT2D eigenvalue weighted by Gasteiger charge is -2.08. The highest BCUT2D eigenvalue weighted by molar-refractivity contribution is 6.25. The highest BCUT2D eigenvalue weighted by atomic mass is 16.3. The number of rotatable bonds is 0. The molecule has 3 aromatic heterocycles. The van der Waals surface area contributed by atoms with E-state index >= 15 is 0 Å². The van der Waals surface area contributed by atoms with Crippen molar-refractivity contribution in [3.63, 3.8) is 0 Å². The van der Waals surface area contributed by atoms with Crippen LogP contribution in [0.3, 0.4) is 0 Å². The average Bonchev–Trinajstić information content (AvgIpc) is 3.41. The summed E-state index contributed by atoms with van der Waals surface area (Å²) >= 11 is 0. The largest absolute Gasteiger partial charge is 0.456 e. The van der Waals surface area contributed by atoms with Gasteiger partial charge in [-0.1, -0.05) is 60.7 Å². The van der Waals surface area contributed by atoms with Crippen LogP contribution in [0.4, 0.5) is 0 Å². The van der Waals surface area contributed by atoms with Gasteiger partial charge in [-0.25, -0.2) is 4.57 Å². The number of hydrogen-bond donors (Lipinski definition) is 0. The Kier molecular flexibility index (Phi) is 3.27. The molecule has 0 saturated heterocycles. The minimum Gasteiger partial charge on any atom is -0.456 e. The average molecular weight is 438 g/mol. The number of furan rings is 1. The summed E-state index contributed by atoms with van der Waals surface area (Å²) in [6, 6.07) is 32.6. The maximum absolute atomic E-state index is 6.56. The summed E-state index contributed by atoms with van der Waals surface area (Å²) in [4.78, 5) is 0. The first kappa shape index (κ1) is 18.1. The molecule has 3 heterocycles. The maximum atomic E-state index is 6.56. The van der Waals surface area contributed by atoms with Crippen molar-refractivity contribution in [2.24, 2.45) is 7.05 Å². The van der Waals surface area contributed by atoms with Gasteiger partial charge in [0.2, 0.25) is 0 Å². The number of aromatic nitrogens is 2. The second-order valence-electron chi connectivity index (χ2n) is 9.29. The first-order valence-electron chi connectivity index (χ1n) is 11.7. The highest BCUT2D eigenvalue weighted by Gasteiger charge is 2.26. The quantitative estimate of drug-likeness (QED) is 0.177. The molecule has 34 heavy (non-hydrogen) atoms. The molecule has 8 rings (SSSR count). The third-order valence-electron chi connectivity index (χ3n) is 7.56. The molecule has 0 atom stereocenters. The van der Waals surface area contributed by atoms with Crippen molar-refractivity contribution in [2.75, 3.05) is 0 Å². The Morgan fingerprint density at radius 3 is 2.29 bits per heavy atom. The predicted molar refractivity (Wildman–Crippen MR) is 141 cm³/mol. The zero-order valence-corrected chi connectivity index (χ0v) is 19.0. The molecule has 0 amide bonds. The zero-order valence-electron chi connectivity index (χ0n) is 19.0. The van der Waals surface area contributed by atoms with Crippen molar-refractivity contribution in [1.29, 1.82) is 0 Å². The van der Waals surface area contributed by atoms with Crippen LogP contribution in [0.25, 0.3) is 71.1 Å². The van der Waals surface area contributed by atoms with Crippen molar-refractivity contribution in [3.8, 4) is 0 Å². The molecule has 0 N–H and O–H groups in total. The van der Waals surface area contributed by atoms with Crippen LogP contribution in [0.1, 0.15) is 5.56 Å². The van der Waals surface area contributed by atoms with Gasteiger partial charge in [-0.15, -0.1) is 0 Å². The fourth-order valence-corrected chi connectivity index (χ4v) is 6.08. The van der Waals surface area contributed by atoms with Gasteiger partial charge in [-0.3, -0.25) is 0 Å². The minimum atomic E-state index is 0.942. The van der Waals surface area contributed by atoms with Gasteiger partial charge >= 0.3 is 0 Å². The van der Waals surface area contributed by atoms with Crippen molar-refractivity contribution in [1.82, 2.24) is 4.40 Å². The second-order valence-corrected chi connectivity index (χ2v) is 9.29. The van der Waals surface area contributed by atoms with Crippen molar-refractivity contribution >= 4 is 71.1 Å². The number of fused-ring (bicyclic) bond motifs is 13. The predicted octanol–water partition coefficient (Wildman–Crippen LogP) is 7.58. The van der Waals surface area contributed by atoms with E-state index in [1.807, 2.05) is 0 Å². The molecule has 0 unspecified atom stereocenters. The summed E-state index contributed by atoms with van der Waals surface area (Å²) in [6.45, 7) is 2.21. The van der Waals surface area contributed by atoms with Crippen LogP contribution in [-0.2, 0) is 7.05 Å². The highest BCUT2D eigenvalue weighted by Crippen LogP contribution is 2.42. The Morgan fingerprint density at radius 2 is 1.41 bits per heavy atom. The SMILES string of the molecule is Cc1c2oc3ccc4ccccc4c3c2cc2c3ccccc3n3c4ccccc4[n+](C)c3c12. The van der Waals surface area contributed by atoms with Crippen molar-refractivity contribution in [3.05, 3.63) is 96.6 Å². The van der Waals surface area contributed by atoms with Gasteiger partial charge < -0.3 is 4.42 Å². The molecule has 0 radical (unpaired) electrons. The molecule has 0 aliphatic heterocycles. The Bertz CT molecular complexity index is 2140. The van der Waals surface area contributed by atoms with Gasteiger partial charge in [0.15, 0.2) is 11.0 Å². The molecular formula is C31H21N2O+. The molecule has 160 valence electrons. The normalized spacial score (nSPS) is 12.4. The van der Waals surface area contributed by atoms with Crippen LogP contribution in [0, 0.1) is 6.92 Å². The molecular weight excluding hydrogens is 416 g/mol. The topological polar surface area (TPSA) is 21.4 Å². The number of imidazole rings is 1. The zero-order chi connectivity index (χ0) is 22.6. The summed E-state index contributed by atoms with van der Waals surface area (Å²) in [5.74, 6) is 0. The smallest absolute Gasteiger partial charge is 0.295 e. The van der Waals surface area contributed by atoms with Crippen molar-refractivity contribution < 1.29 is 8.98 Å². The Hall–Kier alpha value is -4.37. The van der Waals surface area contributed by atoms with Gasteiger partial charge in [-0.05, 0) is 48.0 Å². The van der Waals surface area contributed by atoms with E-state index < -0.39 is 0 Å². The fraction of sp³-hybridized carbons (Fsp3) is 0.0645. The molecule has 8 aromatic rings. The minimum absolute atomic E-state index is 0.942. The Labute approximate surface area is 195 Å². The molecule has 3 heteroatoms. The second kappa shape index (κ2) is 6.15. The number of nitrogens with zero attached hydrogens (tertiary/aromatic N) is 2. The van der Waals surface area contributed by atoms with Gasteiger partial charge in [0.1, 0.15) is 16.7 Å². The molecule has 0 saturated carbocycles. The Morgan fingerprint density at radius 1 is 0.676 bits per heavy atom. The lowest BCUT2D eigenvalue weighted by Crippen LogP contribution is -2.27. The fourth-order valence-electron chi connectivity index (χ4n) is 6.08. The van der Waals surface area contributed by atoms with Crippen molar-refractivity contribution in [2.45, 2.75) is 6.92 Å². The number of para-hydroxylation sites is 3. The van der Waals surface area contributed by atoms with E-state index in [2.05, 4.69) is 114 Å². The molecule has 0 aliphatic carbocycles. The summed E-state index contributed by atoms with van der Waals surface area (Å²) in [7, 11) is 2.17. The standard InChI is InChI=1S/C31H21N2O/c1-18-28-22(17-23-29-20-10-4-3-9-19(20)15-16-27(29)34-30(18)23)21-11-5-6-12-24(21)33-26-14-8-7-13-25(26)32(2)31(28)33/h3-17H,1-2H3/q+1. The third kappa shape index (κ3) is 2.06. The van der Waals surface area contributed by atoms with Crippen LogP contribution < -0.4 is 4.57 Å². The molecule has 0 aliphatic rings. The summed E-state index contributed by atoms with van der Waals surface area (Å²) in [6.07, 6.45) is 0. The monoisotopic (exact) mass is 437 g/mol. The lowest BCUT2D eigenvalue weighted by atomic mass is 9.97. The van der Waals surface area contributed by atoms with Crippen LogP contribution >= 0.6 is 0 Å². The number of benzene rings is 5. The molecule has 0 fully saturated rings. The summed E-state index contributed by atoms with van der Waals surface area (Å²) in [5, 5.41) is 8.63. The van der Waals surface area contributed by atoms with Gasteiger partial charge in [0.25, 0.3) is 5.65 Å². The first-order valence-corrected chi connectivity index (χ1v) is 11.7. The maximum Gasteiger partial charge on any atom is 0.295 e. The van der Waals surface area contributed by atoms with Gasteiger partial charge in [-0.2, -0.15) is 4.40 Å². The van der Waals surface area contributed by atoms with E-state index in [9.17, 15) is 0 Å². The number of aryl methyl sites for hydroxylation is 2. The Balaban J connectivity index is 1.73. The van der Waals surface area contributed by atoms with E-state index in [0.717, 1.165) is 11.2 Å². The molecule has 5 aromatic carbocycles. The van der Waals surface area contributed by atoms with Gasteiger partial charge in [0, 0.05) is 27.1 Å². The number of pyridine rings is 1. The van der Waals surface area contributed by atoms with Gasteiger partial charge in [0.05, 0.1) is 12.4 Å². The first-order chi connectivity index (χ1) is 16.7. The molecule has 3 nitrogen and oxygen atoms in total. The van der Waals surface area contributed by atoms with Crippen LogP contribution in [0.15, 0.2) is 95.4 Å². The van der Waals surface area contributed by atoms with Crippen LogP contribution in [0.5, 0.6) is 0 Å². The number of hydrogen-bond acceptors (Lipinski definition) is 1. The van der Waals surface area contributed by atoms with E-state index in [0.29, 0.717) is 0 Å². The van der Waals surface area contributed by atoms with E-state index in [4.69, 9.17) is 4.42 Å². The summed E-state index contributed by atoms with van der Waals surface area (Å²) < 4.78 is 11.3. The lowest BCUT2D eigenvalue weighted by molar-refractivity contribution is -0.617. The third-order valence-corrected chi connectivity index (χ3v) is 7.56.